The number of carbonyl (C=O) groups is 2. The lowest BCUT2D eigenvalue weighted by Crippen LogP contribution is -2.53. The van der Waals surface area contributed by atoms with E-state index in [1.54, 1.807) is 24.4 Å². The van der Waals surface area contributed by atoms with Crippen molar-refractivity contribution in [2.75, 3.05) is 66.9 Å². The molecule has 4 fully saturated rings. The van der Waals surface area contributed by atoms with Gasteiger partial charge in [0, 0.05) is 118 Å². The molecule has 4 aliphatic rings. The van der Waals surface area contributed by atoms with E-state index in [1.807, 2.05) is 18.2 Å². The topological polar surface area (TPSA) is 149 Å². The number of pyridine rings is 2. The van der Waals surface area contributed by atoms with Gasteiger partial charge in [-0.2, -0.15) is 17.8 Å². The van der Waals surface area contributed by atoms with Crippen LogP contribution in [0, 0.1) is 23.4 Å². The van der Waals surface area contributed by atoms with Crippen LogP contribution in [0.2, 0.25) is 0 Å². The normalized spacial score (nSPS) is 20.6. The Bertz CT molecular complexity index is 2600. The Kier molecular flexibility index (Phi) is 11.9. The highest BCUT2D eigenvalue weighted by atomic mass is 32.2. The van der Waals surface area contributed by atoms with Gasteiger partial charge in [0.15, 0.2) is 11.6 Å². The van der Waals surface area contributed by atoms with Gasteiger partial charge in [-0.05, 0) is 93.0 Å². The van der Waals surface area contributed by atoms with E-state index < -0.39 is 33.3 Å². The van der Waals surface area contributed by atoms with Crippen molar-refractivity contribution < 1.29 is 31.2 Å². The fourth-order valence-electron chi connectivity index (χ4n) is 9.27. The molecule has 0 aliphatic carbocycles. The number of benzene rings is 2. The van der Waals surface area contributed by atoms with Gasteiger partial charge in [-0.25, -0.2) is 22.8 Å². The zero-order valence-corrected chi connectivity index (χ0v) is 35.7. The van der Waals surface area contributed by atoms with Crippen LogP contribution in [-0.2, 0) is 19.8 Å². The fourth-order valence-corrected chi connectivity index (χ4v) is 10.6. The smallest absolute Gasteiger partial charge is 0.301 e. The SMILES string of the molecule is C[C@@H]1CN(c2ccc(-n3cc(-c4cc(F)cc(NS(=O)(=O)N5CCCC5)c4F)c(-c4ccncc4)n3)c(F)c2)CCN1CC1CCN(c2ccc(C3CCC(=O)NC3=O)cn2)CC1. The van der Waals surface area contributed by atoms with Crippen LogP contribution in [0.5, 0.6) is 0 Å². The highest BCUT2D eigenvalue weighted by molar-refractivity contribution is 7.90. The monoisotopic (exact) mass is 882 g/mol. The first-order valence-corrected chi connectivity index (χ1v) is 22.9. The molecule has 5 aromatic rings. The van der Waals surface area contributed by atoms with E-state index in [1.165, 1.54) is 33.6 Å². The van der Waals surface area contributed by atoms with Gasteiger partial charge < -0.3 is 9.80 Å². The maximum Gasteiger partial charge on any atom is 0.301 e. The van der Waals surface area contributed by atoms with Crippen LogP contribution in [-0.4, -0.2) is 108 Å². The van der Waals surface area contributed by atoms with Crippen LogP contribution in [0.4, 0.5) is 30.4 Å². The van der Waals surface area contributed by atoms with E-state index in [4.69, 9.17) is 0 Å². The first kappa shape index (κ1) is 42.5. The Morgan fingerprint density at radius 2 is 1.63 bits per heavy atom. The van der Waals surface area contributed by atoms with Gasteiger partial charge in [0.1, 0.15) is 23.0 Å². The van der Waals surface area contributed by atoms with E-state index in [2.05, 4.69) is 46.7 Å². The number of nitrogens with one attached hydrogen (secondary N) is 2. The van der Waals surface area contributed by atoms with Gasteiger partial charge in [0.2, 0.25) is 11.8 Å². The molecule has 2 aromatic carbocycles. The minimum Gasteiger partial charge on any atom is -0.369 e. The van der Waals surface area contributed by atoms with E-state index in [-0.39, 0.29) is 59.4 Å². The summed E-state index contributed by atoms with van der Waals surface area (Å²) in [5.74, 6) is -1.83. The number of nitrogens with zero attached hydrogens (tertiary/aromatic N) is 8. The van der Waals surface area contributed by atoms with Gasteiger partial charge in [0.05, 0.1) is 11.6 Å². The number of imide groups is 1. The zero-order valence-electron chi connectivity index (χ0n) is 34.9. The van der Waals surface area contributed by atoms with Crippen LogP contribution in [0.15, 0.2) is 79.4 Å². The maximum atomic E-state index is 16.3. The number of anilines is 3. The predicted octanol–water partition coefficient (Wildman–Crippen LogP) is 6.11. The lowest BCUT2D eigenvalue weighted by molar-refractivity contribution is -0.134. The van der Waals surface area contributed by atoms with Crippen LogP contribution < -0.4 is 19.8 Å². The van der Waals surface area contributed by atoms with Gasteiger partial charge >= 0.3 is 10.2 Å². The molecule has 4 saturated heterocycles. The predicted molar refractivity (Wildman–Crippen MR) is 233 cm³/mol. The van der Waals surface area contributed by atoms with Crippen molar-refractivity contribution >= 4 is 39.2 Å². The fraction of sp³-hybridized carbons (Fsp3) is 0.400. The Hall–Kier alpha value is -5.85. The standard InChI is InChI=1S/C45H49F3N10O4S/c1-29-26-56(21-20-55(29)27-30-12-18-54(19-13-30)41-8-4-32(25-50-41)35-6-9-42(59)51-45(35)60)34-5-7-40(38(47)24-34)58-28-37(44(52-58)31-10-14-49-15-11-31)36-22-33(46)23-39(43(36)48)53-63(61,62)57-16-2-3-17-57/h4-5,7-8,10-11,14-15,22-25,28-30,35,53H,2-3,6,9,12-13,16-21,26-27H2,1H3,(H,51,59,60)/t29-,35?/m1/s1. The van der Waals surface area contributed by atoms with Crippen LogP contribution in [0.25, 0.3) is 28.1 Å². The second-order valence-corrected chi connectivity index (χ2v) is 18.6. The summed E-state index contributed by atoms with van der Waals surface area (Å²) in [6.07, 6.45) is 10.5. The first-order chi connectivity index (χ1) is 30.4. The summed E-state index contributed by atoms with van der Waals surface area (Å²) in [6.45, 7) is 7.75. The number of hydrogen-bond donors (Lipinski definition) is 2. The number of hydrogen-bond acceptors (Lipinski definition) is 10. The summed E-state index contributed by atoms with van der Waals surface area (Å²) in [5, 5.41) is 7.08. The van der Waals surface area contributed by atoms with Crippen LogP contribution >= 0.6 is 0 Å². The van der Waals surface area contributed by atoms with Crippen molar-refractivity contribution in [2.24, 2.45) is 5.92 Å². The molecule has 18 heteroatoms. The second-order valence-electron chi connectivity index (χ2n) is 16.9. The molecule has 2 amide bonds. The van der Waals surface area contributed by atoms with Crippen molar-refractivity contribution in [2.45, 2.75) is 57.4 Å². The Labute approximate surface area is 364 Å². The van der Waals surface area contributed by atoms with E-state index >= 15 is 13.2 Å². The number of amides is 2. The number of rotatable bonds is 11. The number of piperidine rings is 2. The Morgan fingerprint density at radius 1 is 0.857 bits per heavy atom. The highest BCUT2D eigenvalue weighted by Crippen LogP contribution is 2.38. The number of carbonyl (C=O) groups excluding carboxylic acids is 2. The summed E-state index contributed by atoms with van der Waals surface area (Å²) in [7, 11) is -4.13. The Balaban J connectivity index is 0.854. The van der Waals surface area contributed by atoms with Gasteiger partial charge in [0.25, 0.3) is 0 Å². The minimum atomic E-state index is -4.13. The summed E-state index contributed by atoms with van der Waals surface area (Å²) in [5.41, 5.74) is 1.76. The van der Waals surface area contributed by atoms with Gasteiger partial charge in [-0.3, -0.25) is 29.5 Å². The third-order valence-corrected chi connectivity index (χ3v) is 14.3. The number of piperazine rings is 1. The second kappa shape index (κ2) is 17.7. The van der Waals surface area contributed by atoms with Crippen molar-refractivity contribution in [1.29, 1.82) is 0 Å². The zero-order chi connectivity index (χ0) is 43.8. The molecule has 7 heterocycles. The lowest BCUT2D eigenvalue weighted by Gasteiger charge is -2.43. The number of aromatic nitrogens is 4. The molecule has 0 bridgehead atoms. The average molecular weight is 883 g/mol. The highest BCUT2D eigenvalue weighted by Gasteiger charge is 2.32. The molecule has 2 N–H and O–H groups in total. The van der Waals surface area contributed by atoms with Crippen molar-refractivity contribution in [3.8, 4) is 28.1 Å². The molecule has 4 aliphatic heterocycles. The summed E-state index contributed by atoms with van der Waals surface area (Å²) >= 11 is 0. The molecule has 0 radical (unpaired) electrons. The maximum absolute atomic E-state index is 16.3. The van der Waals surface area contributed by atoms with Crippen LogP contribution in [0.1, 0.15) is 56.9 Å². The molecule has 0 saturated carbocycles. The van der Waals surface area contributed by atoms with Crippen LogP contribution in [0.3, 0.4) is 0 Å². The van der Waals surface area contributed by atoms with E-state index in [0.29, 0.717) is 50.3 Å². The summed E-state index contributed by atoms with van der Waals surface area (Å²) < 4.78 is 78.4. The van der Waals surface area contributed by atoms with Crippen molar-refractivity contribution in [3.63, 3.8) is 0 Å². The molecule has 14 nitrogen and oxygen atoms in total. The van der Waals surface area contributed by atoms with E-state index in [0.717, 1.165) is 68.2 Å². The third-order valence-electron chi connectivity index (χ3n) is 12.8. The number of halogens is 3. The van der Waals surface area contributed by atoms with Crippen molar-refractivity contribution in [1.82, 2.24) is 34.3 Å². The molecule has 9 rings (SSSR count). The molecule has 2 atom stereocenters. The molecule has 63 heavy (non-hydrogen) atoms. The first-order valence-electron chi connectivity index (χ1n) is 21.5. The molecule has 1 unspecified atom stereocenters. The minimum absolute atomic E-state index is 0.102. The molecule has 0 spiro atoms. The molecular formula is C45H49F3N10O4S. The van der Waals surface area contributed by atoms with Gasteiger partial charge in [-0.15, -0.1) is 0 Å². The average Bonchev–Trinajstić information content (AvgIpc) is 3.99. The largest absolute Gasteiger partial charge is 0.369 e. The molecular weight excluding hydrogens is 834 g/mol. The third kappa shape index (κ3) is 9.01. The van der Waals surface area contributed by atoms with Gasteiger partial charge in [-0.1, -0.05) is 6.07 Å². The Morgan fingerprint density at radius 3 is 2.33 bits per heavy atom. The summed E-state index contributed by atoms with van der Waals surface area (Å²) in [4.78, 5) is 39.6. The van der Waals surface area contributed by atoms with E-state index in [9.17, 15) is 18.0 Å². The molecule has 330 valence electrons. The molecule has 3 aromatic heterocycles. The quantitative estimate of drug-likeness (QED) is 0.149. The lowest BCUT2D eigenvalue weighted by atomic mass is 9.91. The summed E-state index contributed by atoms with van der Waals surface area (Å²) in [6, 6.07) is 14.2. The van der Waals surface area contributed by atoms with Crippen molar-refractivity contribution in [3.05, 3.63) is 102 Å².